The Balaban J connectivity index is 2.11. The number of hydrogen-bond donors (Lipinski definition) is 2. The van der Waals surface area contributed by atoms with Crippen LogP contribution in [0.1, 0.15) is 12.8 Å². The highest BCUT2D eigenvalue weighted by Crippen LogP contribution is 2.33. The summed E-state index contributed by atoms with van der Waals surface area (Å²) in [5, 5.41) is 2.66. The monoisotopic (exact) mass is 254 g/mol. The van der Waals surface area contributed by atoms with E-state index in [-0.39, 0.29) is 10.8 Å². The van der Waals surface area contributed by atoms with E-state index in [1.165, 1.54) is 12.1 Å². The van der Waals surface area contributed by atoms with Crippen LogP contribution in [0.3, 0.4) is 0 Å². The van der Waals surface area contributed by atoms with E-state index in [2.05, 4.69) is 5.32 Å². The van der Waals surface area contributed by atoms with Crippen molar-refractivity contribution in [1.29, 1.82) is 0 Å². The zero-order valence-electron chi connectivity index (χ0n) is 9.43. The van der Waals surface area contributed by atoms with Gasteiger partial charge in [-0.15, -0.1) is 0 Å². The van der Waals surface area contributed by atoms with E-state index in [0.717, 1.165) is 6.26 Å². The summed E-state index contributed by atoms with van der Waals surface area (Å²) in [6, 6.07) is 6.03. The lowest BCUT2D eigenvalue weighted by Gasteiger charge is -2.10. The molecular weight excluding hydrogens is 240 g/mol. The minimum Gasteiger partial charge on any atom is -0.324 e. The Bertz CT molecular complexity index is 545. The van der Waals surface area contributed by atoms with Gasteiger partial charge in [0.15, 0.2) is 9.84 Å². The van der Waals surface area contributed by atoms with E-state index < -0.39 is 15.4 Å². The van der Waals surface area contributed by atoms with E-state index in [1.54, 1.807) is 12.1 Å². The molecule has 6 heteroatoms. The summed E-state index contributed by atoms with van der Waals surface area (Å²) in [6.45, 7) is 0. The average molecular weight is 254 g/mol. The first-order valence-electron chi connectivity index (χ1n) is 5.22. The number of amides is 1. The topological polar surface area (TPSA) is 89.3 Å². The molecule has 17 heavy (non-hydrogen) atoms. The molecule has 0 saturated heterocycles. The third kappa shape index (κ3) is 2.65. The molecule has 0 aliphatic heterocycles. The van der Waals surface area contributed by atoms with Crippen molar-refractivity contribution >= 4 is 21.4 Å². The van der Waals surface area contributed by atoms with Crippen LogP contribution in [0.4, 0.5) is 5.69 Å². The highest BCUT2D eigenvalue weighted by Gasteiger charge is 2.45. The number of rotatable bonds is 3. The van der Waals surface area contributed by atoms with E-state index >= 15 is 0 Å². The molecule has 1 aliphatic rings. The fourth-order valence-electron chi connectivity index (χ4n) is 1.40. The van der Waals surface area contributed by atoms with Gasteiger partial charge in [0.1, 0.15) is 0 Å². The molecule has 0 bridgehead atoms. The normalized spacial score (nSPS) is 17.5. The second-order valence-electron chi connectivity index (χ2n) is 4.41. The third-order valence-electron chi connectivity index (χ3n) is 2.78. The fraction of sp³-hybridized carbons (Fsp3) is 0.364. The lowest BCUT2D eigenvalue weighted by atomic mass is 10.2. The Kier molecular flexibility index (Phi) is 2.71. The van der Waals surface area contributed by atoms with E-state index in [0.29, 0.717) is 18.5 Å². The van der Waals surface area contributed by atoms with Gasteiger partial charge in [-0.1, -0.05) is 0 Å². The number of nitrogens with two attached hydrogens (primary N) is 1. The standard InChI is InChI=1S/C11H14N2O3S/c1-17(15,16)9-4-2-8(3-5-9)13-10(14)11(12)6-7-11/h2-5H,6-7,12H2,1H3,(H,13,14). The van der Waals surface area contributed by atoms with E-state index in [4.69, 9.17) is 5.73 Å². The number of sulfone groups is 1. The minimum atomic E-state index is -3.20. The summed E-state index contributed by atoms with van der Waals surface area (Å²) in [5.74, 6) is -0.218. The van der Waals surface area contributed by atoms with Gasteiger partial charge in [-0.3, -0.25) is 4.79 Å². The number of hydrogen-bond acceptors (Lipinski definition) is 4. The third-order valence-corrected chi connectivity index (χ3v) is 3.91. The van der Waals surface area contributed by atoms with Crippen molar-refractivity contribution in [2.45, 2.75) is 23.3 Å². The number of nitrogens with one attached hydrogen (secondary N) is 1. The number of benzene rings is 1. The van der Waals surface area contributed by atoms with Gasteiger partial charge >= 0.3 is 0 Å². The molecule has 0 unspecified atom stereocenters. The first-order chi connectivity index (χ1) is 7.81. The van der Waals surface area contributed by atoms with Crippen molar-refractivity contribution in [2.24, 2.45) is 5.73 Å². The van der Waals surface area contributed by atoms with Gasteiger partial charge in [0, 0.05) is 11.9 Å². The highest BCUT2D eigenvalue weighted by molar-refractivity contribution is 7.90. The van der Waals surface area contributed by atoms with Gasteiger partial charge in [0.05, 0.1) is 10.4 Å². The van der Waals surface area contributed by atoms with Crippen LogP contribution in [0.25, 0.3) is 0 Å². The molecule has 1 aliphatic carbocycles. The van der Waals surface area contributed by atoms with Gasteiger partial charge in [0.25, 0.3) is 0 Å². The van der Waals surface area contributed by atoms with Crippen LogP contribution < -0.4 is 11.1 Å². The van der Waals surface area contributed by atoms with Crippen LogP contribution in [0, 0.1) is 0 Å². The van der Waals surface area contributed by atoms with Gasteiger partial charge in [-0.25, -0.2) is 8.42 Å². The second kappa shape index (κ2) is 3.82. The van der Waals surface area contributed by atoms with Gasteiger partial charge in [0.2, 0.25) is 5.91 Å². The quantitative estimate of drug-likeness (QED) is 0.823. The predicted molar refractivity (Wildman–Crippen MR) is 64.3 cm³/mol. The maximum Gasteiger partial charge on any atom is 0.244 e. The van der Waals surface area contributed by atoms with Crippen LogP contribution in [0.5, 0.6) is 0 Å². The molecule has 0 radical (unpaired) electrons. The van der Waals surface area contributed by atoms with Crippen LogP contribution in [0.15, 0.2) is 29.2 Å². The van der Waals surface area contributed by atoms with Gasteiger partial charge in [-0.2, -0.15) is 0 Å². The smallest absolute Gasteiger partial charge is 0.244 e. The highest BCUT2D eigenvalue weighted by atomic mass is 32.2. The molecule has 0 heterocycles. The van der Waals surface area contributed by atoms with Gasteiger partial charge in [-0.05, 0) is 37.1 Å². The van der Waals surface area contributed by atoms with Crippen LogP contribution in [-0.4, -0.2) is 26.1 Å². The number of anilines is 1. The van der Waals surface area contributed by atoms with Crippen molar-refractivity contribution in [3.8, 4) is 0 Å². The molecular formula is C11H14N2O3S. The summed E-state index contributed by atoms with van der Waals surface area (Å²) >= 11 is 0. The lowest BCUT2D eigenvalue weighted by molar-refractivity contribution is -0.118. The Morgan fingerprint density at radius 2 is 1.82 bits per heavy atom. The number of carbonyl (C=O) groups is 1. The summed E-state index contributed by atoms with van der Waals surface area (Å²) in [6.07, 6.45) is 2.53. The summed E-state index contributed by atoms with van der Waals surface area (Å²) in [5.41, 5.74) is 5.56. The molecule has 1 fully saturated rings. The molecule has 0 aromatic heterocycles. The fourth-order valence-corrected chi connectivity index (χ4v) is 2.03. The van der Waals surface area contributed by atoms with Crippen LogP contribution in [0.2, 0.25) is 0 Å². The van der Waals surface area contributed by atoms with Crippen molar-refractivity contribution in [3.05, 3.63) is 24.3 Å². The predicted octanol–water partition coefficient (Wildman–Crippen LogP) is 0.520. The van der Waals surface area contributed by atoms with Crippen molar-refractivity contribution < 1.29 is 13.2 Å². The first kappa shape index (κ1) is 12.1. The molecule has 92 valence electrons. The van der Waals surface area contributed by atoms with Crippen molar-refractivity contribution in [1.82, 2.24) is 0 Å². The van der Waals surface area contributed by atoms with Crippen LogP contribution >= 0.6 is 0 Å². The average Bonchev–Trinajstić information content (AvgIpc) is 2.97. The minimum absolute atomic E-state index is 0.218. The maximum absolute atomic E-state index is 11.6. The molecule has 1 aromatic carbocycles. The summed E-state index contributed by atoms with van der Waals surface area (Å²) in [7, 11) is -3.20. The van der Waals surface area contributed by atoms with E-state index in [1.807, 2.05) is 0 Å². The zero-order chi connectivity index (χ0) is 12.7. The molecule has 5 nitrogen and oxygen atoms in total. The Labute approximate surface area is 99.9 Å². The molecule has 1 aromatic rings. The zero-order valence-corrected chi connectivity index (χ0v) is 10.3. The largest absolute Gasteiger partial charge is 0.324 e. The second-order valence-corrected chi connectivity index (χ2v) is 6.42. The molecule has 2 rings (SSSR count). The maximum atomic E-state index is 11.6. The molecule has 0 atom stereocenters. The van der Waals surface area contributed by atoms with Crippen molar-refractivity contribution in [3.63, 3.8) is 0 Å². The Morgan fingerprint density at radius 3 is 2.24 bits per heavy atom. The summed E-state index contributed by atoms with van der Waals surface area (Å²) < 4.78 is 22.5. The molecule has 3 N–H and O–H groups in total. The van der Waals surface area contributed by atoms with Crippen LogP contribution in [-0.2, 0) is 14.6 Å². The first-order valence-corrected chi connectivity index (χ1v) is 7.11. The number of carbonyl (C=O) groups excluding carboxylic acids is 1. The Morgan fingerprint density at radius 1 is 1.29 bits per heavy atom. The van der Waals surface area contributed by atoms with Gasteiger partial charge < -0.3 is 11.1 Å². The molecule has 1 saturated carbocycles. The molecule has 0 spiro atoms. The molecule has 1 amide bonds. The lowest BCUT2D eigenvalue weighted by Crippen LogP contribution is -2.37. The Hall–Kier alpha value is -1.40. The summed E-state index contributed by atoms with van der Waals surface area (Å²) in [4.78, 5) is 11.9. The van der Waals surface area contributed by atoms with E-state index in [9.17, 15) is 13.2 Å². The SMILES string of the molecule is CS(=O)(=O)c1ccc(NC(=O)C2(N)CC2)cc1. The van der Waals surface area contributed by atoms with Crippen molar-refractivity contribution in [2.75, 3.05) is 11.6 Å².